The molecule has 1 saturated carbocycles. The second-order valence-electron chi connectivity index (χ2n) is 6.20. The Hall–Kier alpha value is -1.06. The van der Waals surface area contributed by atoms with Crippen LogP contribution in [0, 0.1) is 11.8 Å². The quantitative estimate of drug-likeness (QED) is 0.845. The minimum Gasteiger partial charge on any atom is -0.343 e. The van der Waals surface area contributed by atoms with Crippen molar-refractivity contribution in [1.82, 2.24) is 10.2 Å². The molecular formula is C15H26N2O2. The Morgan fingerprint density at radius 3 is 2.53 bits per heavy atom. The van der Waals surface area contributed by atoms with E-state index in [1.807, 2.05) is 6.92 Å². The lowest BCUT2D eigenvalue weighted by molar-refractivity contribution is -0.144. The van der Waals surface area contributed by atoms with E-state index in [-0.39, 0.29) is 24.4 Å². The van der Waals surface area contributed by atoms with Gasteiger partial charge in [-0.2, -0.15) is 0 Å². The number of carbonyl (C=O) groups excluding carboxylic acids is 2. The zero-order valence-corrected chi connectivity index (χ0v) is 12.2. The molecule has 0 bridgehead atoms. The first-order valence-corrected chi connectivity index (χ1v) is 7.68. The molecule has 0 spiro atoms. The maximum atomic E-state index is 12.1. The molecule has 19 heavy (non-hydrogen) atoms. The molecule has 4 nitrogen and oxygen atoms in total. The maximum absolute atomic E-state index is 12.1. The SMILES string of the molecule is CCC1NC(=O)CN(CCC2CCC(C)CC2)C1=O. The van der Waals surface area contributed by atoms with Gasteiger partial charge in [-0.05, 0) is 24.7 Å². The van der Waals surface area contributed by atoms with Gasteiger partial charge in [0.2, 0.25) is 11.8 Å². The van der Waals surface area contributed by atoms with Crippen LogP contribution in [0.3, 0.4) is 0 Å². The predicted octanol–water partition coefficient (Wildman–Crippen LogP) is 1.94. The Morgan fingerprint density at radius 1 is 1.21 bits per heavy atom. The molecule has 1 atom stereocenters. The van der Waals surface area contributed by atoms with Gasteiger partial charge < -0.3 is 10.2 Å². The van der Waals surface area contributed by atoms with Gasteiger partial charge in [-0.15, -0.1) is 0 Å². The van der Waals surface area contributed by atoms with Crippen molar-refractivity contribution in [2.24, 2.45) is 11.8 Å². The normalized spacial score (nSPS) is 32.3. The molecule has 1 unspecified atom stereocenters. The minimum absolute atomic E-state index is 0.0104. The van der Waals surface area contributed by atoms with E-state index in [4.69, 9.17) is 0 Å². The van der Waals surface area contributed by atoms with Gasteiger partial charge in [0.25, 0.3) is 0 Å². The average Bonchev–Trinajstić information content (AvgIpc) is 2.41. The van der Waals surface area contributed by atoms with Crippen LogP contribution in [-0.2, 0) is 9.59 Å². The summed E-state index contributed by atoms with van der Waals surface area (Å²) in [6.45, 7) is 5.26. The van der Waals surface area contributed by atoms with E-state index in [0.29, 0.717) is 6.42 Å². The highest BCUT2D eigenvalue weighted by Gasteiger charge is 2.31. The maximum Gasteiger partial charge on any atom is 0.245 e. The standard InChI is InChI=1S/C15H26N2O2/c1-3-13-15(19)17(10-14(18)16-13)9-8-12-6-4-11(2)5-7-12/h11-13H,3-10H2,1-2H3,(H,16,18). The van der Waals surface area contributed by atoms with Crippen molar-refractivity contribution < 1.29 is 9.59 Å². The summed E-state index contributed by atoms with van der Waals surface area (Å²) in [6, 6.07) is -0.298. The molecule has 2 rings (SSSR count). The van der Waals surface area contributed by atoms with Crippen LogP contribution >= 0.6 is 0 Å². The average molecular weight is 266 g/mol. The van der Waals surface area contributed by atoms with Gasteiger partial charge in [0.05, 0.1) is 6.54 Å². The first-order valence-electron chi connectivity index (χ1n) is 7.68. The van der Waals surface area contributed by atoms with Gasteiger partial charge in [-0.25, -0.2) is 0 Å². The second-order valence-corrected chi connectivity index (χ2v) is 6.20. The monoisotopic (exact) mass is 266 g/mol. The van der Waals surface area contributed by atoms with Crippen LogP contribution in [0.2, 0.25) is 0 Å². The Morgan fingerprint density at radius 2 is 1.89 bits per heavy atom. The van der Waals surface area contributed by atoms with Crippen molar-refractivity contribution in [3.63, 3.8) is 0 Å². The first-order chi connectivity index (χ1) is 9.10. The highest BCUT2D eigenvalue weighted by Crippen LogP contribution is 2.30. The minimum atomic E-state index is -0.298. The first kappa shape index (κ1) is 14.4. The van der Waals surface area contributed by atoms with Gasteiger partial charge in [0.1, 0.15) is 6.04 Å². The van der Waals surface area contributed by atoms with Gasteiger partial charge >= 0.3 is 0 Å². The largest absolute Gasteiger partial charge is 0.343 e. The Kier molecular flexibility index (Phi) is 4.83. The molecule has 1 saturated heterocycles. The van der Waals surface area contributed by atoms with Crippen molar-refractivity contribution in [2.75, 3.05) is 13.1 Å². The summed E-state index contributed by atoms with van der Waals surface area (Å²) in [5.41, 5.74) is 0. The number of hydrogen-bond acceptors (Lipinski definition) is 2. The zero-order valence-electron chi connectivity index (χ0n) is 12.2. The highest BCUT2D eigenvalue weighted by atomic mass is 16.2. The van der Waals surface area contributed by atoms with Crippen molar-refractivity contribution in [2.45, 2.75) is 58.4 Å². The number of nitrogens with one attached hydrogen (secondary N) is 1. The van der Waals surface area contributed by atoms with Crippen LogP contribution in [0.1, 0.15) is 52.4 Å². The summed E-state index contributed by atoms with van der Waals surface area (Å²) in [5.74, 6) is 1.70. The number of nitrogens with zero attached hydrogens (tertiary/aromatic N) is 1. The molecule has 0 aromatic carbocycles. The fourth-order valence-electron chi connectivity index (χ4n) is 3.20. The number of hydrogen-bond donors (Lipinski definition) is 1. The van der Waals surface area contributed by atoms with E-state index in [9.17, 15) is 9.59 Å². The zero-order chi connectivity index (χ0) is 13.8. The summed E-state index contributed by atoms with van der Waals surface area (Å²) in [5, 5.41) is 2.76. The van der Waals surface area contributed by atoms with E-state index in [0.717, 1.165) is 24.8 Å². The van der Waals surface area contributed by atoms with Crippen molar-refractivity contribution in [3.8, 4) is 0 Å². The Labute approximate surface area is 115 Å². The summed E-state index contributed by atoms with van der Waals surface area (Å²) in [4.78, 5) is 25.5. The predicted molar refractivity (Wildman–Crippen MR) is 74.5 cm³/mol. The molecule has 2 aliphatic rings. The number of amides is 2. The van der Waals surface area contributed by atoms with E-state index in [1.54, 1.807) is 4.90 Å². The third-order valence-electron chi connectivity index (χ3n) is 4.63. The van der Waals surface area contributed by atoms with E-state index >= 15 is 0 Å². The van der Waals surface area contributed by atoms with Gasteiger partial charge in [-0.3, -0.25) is 9.59 Å². The van der Waals surface area contributed by atoms with E-state index in [2.05, 4.69) is 12.2 Å². The van der Waals surface area contributed by atoms with Crippen LogP contribution < -0.4 is 5.32 Å². The molecule has 1 aliphatic carbocycles. The van der Waals surface area contributed by atoms with Gasteiger partial charge in [0.15, 0.2) is 0 Å². The molecule has 2 fully saturated rings. The molecule has 2 amide bonds. The van der Waals surface area contributed by atoms with Crippen molar-refractivity contribution in [1.29, 1.82) is 0 Å². The van der Waals surface area contributed by atoms with Crippen LogP contribution in [0.5, 0.6) is 0 Å². The molecule has 1 aliphatic heterocycles. The smallest absolute Gasteiger partial charge is 0.245 e. The third kappa shape index (κ3) is 3.71. The van der Waals surface area contributed by atoms with Gasteiger partial charge in [-0.1, -0.05) is 39.5 Å². The van der Waals surface area contributed by atoms with Gasteiger partial charge in [0, 0.05) is 6.54 Å². The highest BCUT2D eigenvalue weighted by molar-refractivity contribution is 5.94. The van der Waals surface area contributed by atoms with E-state index in [1.165, 1.54) is 25.7 Å². The van der Waals surface area contributed by atoms with Crippen LogP contribution in [-0.4, -0.2) is 35.8 Å². The number of piperazine rings is 1. The lowest BCUT2D eigenvalue weighted by atomic mass is 9.81. The molecule has 1 heterocycles. The summed E-state index contributed by atoms with van der Waals surface area (Å²) >= 11 is 0. The summed E-state index contributed by atoms with van der Waals surface area (Å²) in [6.07, 6.45) is 6.94. The lowest BCUT2D eigenvalue weighted by Gasteiger charge is -2.34. The van der Waals surface area contributed by atoms with Crippen LogP contribution in [0.4, 0.5) is 0 Å². The second kappa shape index (κ2) is 6.40. The number of carbonyl (C=O) groups is 2. The van der Waals surface area contributed by atoms with Crippen LogP contribution in [0.25, 0.3) is 0 Å². The Balaban J connectivity index is 1.81. The molecule has 108 valence electrons. The third-order valence-corrected chi connectivity index (χ3v) is 4.63. The van der Waals surface area contributed by atoms with Crippen LogP contribution in [0.15, 0.2) is 0 Å². The topological polar surface area (TPSA) is 49.4 Å². The molecule has 0 aromatic rings. The fourth-order valence-corrected chi connectivity index (χ4v) is 3.20. The number of rotatable bonds is 4. The van der Waals surface area contributed by atoms with E-state index < -0.39 is 0 Å². The molecular weight excluding hydrogens is 240 g/mol. The fraction of sp³-hybridized carbons (Fsp3) is 0.867. The molecule has 4 heteroatoms. The molecule has 0 aromatic heterocycles. The van der Waals surface area contributed by atoms with Crippen molar-refractivity contribution in [3.05, 3.63) is 0 Å². The van der Waals surface area contributed by atoms with Crippen molar-refractivity contribution >= 4 is 11.8 Å². The summed E-state index contributed by atoms with van der Waals surface area (Å²) in [7, 11) is 0. The Bertz CT molecular complexity index is 335. The molecule has 1 N–H and O–H groups in total. The summed E-state index contributed by atoms with van der Waals surface area (Å²) < 4.78 is 0. The molecule has 0 radical (unpaired) electrons. The lowest BCUT2D eigenvalue weighted by Crippen LogP contribution is -2.57.